The minimum atomic E-state index is 0.0134. The van der Waals surface area contributed by atoms with Crippen molar-refractivity contribution in [3.63, 3.8) is 0 Å². The zero-order valence-corrected chi connectivity index (χ0v) is 16.5. The van der Waals surface area contributed by atoms with Crippen molar-refractivity contribution >= 4 is 5.57 Å². The lowest BCUT2D eigenvalue weighted by Crippen LogP contribution is -1.99. The number of hydrogen-bond donors (Lipinski definition) is 2. The van der Waals surface area contributed by atoms with Crippen molar-refractivity contribution in [3.05, 3.63) is 102 Å². The Kier molecular flexibility index (Phi) is 5.22. The van der Waals surface area contributed by atoms with Gasteiger partial charge in [0.15, 0.2) is 17.3 Å². The van der Waals surface area contributed by atoms with Crippen LogP contribution in [0.25, 0.3) is 11.4 Å². The van der Waals surface area contributed by atoms with Crippen LogP contribution in [0.2, 0.25) is 0 Å². The molecule has 2 aromatic heterocycles. The van der Waals surface area contributed by atoms with Crippen LogP contribution in [0.15, 0.2) is 79.5 Å². The lowest BCUT2D eigenvalue weighted by Gasteiger charge is -2.09. The largest absolute Gasteiger partial charge is 0.504 e. The first kappa shape index (κ1) is 19.3. The van der Waals surface area contributed by atoms with Gasteiger partial charge >= 0.3 is 0 Å². The maximum atomic E-state index is 11.0. The number of ether oxygens (including phenoxy) is 1. The Bertz CT molecular complexity index is 1190. The molecule has 0 aliphatic carbocycles. The smallest absolute Gasteiger partial charge is 0.219 e. The fourth-order valence-corrected chi connectivity index (χ4v) is 3.29. The van der Waals surface area contributed by atoms with Gasteiger partial charge in [0.2, 0.25) is 5.88 Å². The van der Waals surface area contributed by atoms with Crippen LogP contribution >= 0.6 is 0 Å². The number of nitrogens with zero attached hydrogens (tertiary/aromatic N) is 3. The molecule has 0 saturated heterocycles. The van der Waals surface area contributed by atoms with Crippen molar-refractivity contribution in [2.75, 3.05) is 7.11 Å². The second-order valence-electron chi connectivity index (χ2n) is 6.78. The van der Waals surface area contributed by atoms with E-state index in [9.17, 15) is 10.2 Å². The molecule has 0 spiro atoms. The van der Waals surface area contributed by atoms with Crippen LogP contribution in [-0.2, 0) is 6.42 Å². The highest BCUT2D eigenvalue weighted by Gasteiger charge is 2.22. The third-order valence-corrected chi connectivity index (χ3v) is 4.86. The summed E-state index contributed by atoms with van der Waals surface area (Å²) in [6, 6.07) is 20.2. The molecule has 0 aliphatic heterocycles. The highest BCUT2D eigenvalue weighted by atomic mass is 16.5. The summed E-state index contributed by atoms with van der Waals surface area (Å²) in [5, 5.41) is 25.6. The van der Waals surface area contributed by atoms with E-state index in [-0.39, 0.29) is 11.6 Å². The summed E-state index contributed by atoms with van der Waals surface area (Å²) in [7, 11) is 1.49. The molecule has 0 saturated carbocycles. The highest BCUT2D eigenvalue weighted by Crippen LogP contribution is 2.36. The van der Waals surface area contributed by atoms with Gasteiger partial charge < -0.3 is 14.9 Å². The van der Waals surface area contributed by atoms with E-state index in [2.05, 4.69) is 16.7 Å². The number of phenols is 1. The quantitative estimate of drug-likeness (QED) is 0.504. The van der Waals surface area contributed by atoms with Crippen molar-refractivity contribution < 1.29 is 14.9 Å². The standard InChI is InChI=1S/C24H21N3O3/c1-16(18-11-12-20(28)21(15-18)30-2)23-19(14-17-8-4-3-5-9-17)24(29)27(26-23)22-10-6-7-13-25-22/h3-13,15,28-29H,1,14H2,2H3. The van der Waals surface area contributed by atoms with Gasteiger partial charge in [-0.15, -0.1) is 0 Å². The predicted molar refractivity (Wildman–Crippen MR) is 115 cm³/mol. The topological polar surface area (TPSA) is 80.4 Å². The molecule has 0 fully saturated rings. The maximum Gasteiger partial charge on any atom is 0.219 e. The Hall–Kier alpha value is -4.06. The summed E-state index contributed by atoms with van der Waals surface area (Å²) in [5.41, 5.74) is 3.55. The van der Waals surface area contributed by atoms with Gasteiger partial charge in [-0.2, -0.15) is 9.78 Å². The SMILES string of the molecule is C=C(c1ccc(O)c(OC)c1)c1nn(-c2ccccn2)c(O)c1Cc1ccccc1. The highest BCUT2D eigenvalue weighted by molar-refractivity contribution is 5.80. The molecule has 0 aliphatic rings. The van der Waals surface area contributed by atoms with Crippen molar-refractivity contribution in [1.29, 1.82) is 0 Å². The van der Waals surface area contributed by atoms with E-state index >= 15 is 0 Å². The van der Waals surface area contributed by atoms with Crippen LogP contribution in [0.4, 0.5) is 0 Å². The normalized spacial score (nSPS) is 10.7. The molecular weight excluding hydrogens is 378 g/mol. The van der Waals surface area contributed by atoms with Crippen molar-refractivity contribution in [2.24, 2.45) is 0 Å². The molecule has 30 heavy (non-hydrogen) atoms. The van der Waals surface area contributed by atoms with Gasteiger partial charge in [-0.1, -0.05) is 49.0 Å². The number of phenolic OH excluding ortho intramolecular Hbond substituents is 1. The van der Waals surface area contributed by atoms with Crippen LogP contribution in [0.3, 0.4) is 0 Å². The summed E-state index contributed by atoms with van der Waals surface area (Å²) in [6.45, 7) is 4.21. The fourth-order valence-electron chi connectivity index (χ4n) is 3.29. The number of benzene rings is 2. The molecule has 0 unspecified atom stereocenters. The van der Waals surface area contributed by atoms with Gasteiger partial charge in [0.05, 0.1) is 7.11 Å². The van der Waals surface area contributed by atoms with Crippen LogP contribution in [0, 0.1) is 0 Å². The molecule has 0 radical (unpaired) electrons. The van der Waals surface area contributed by atoms with E-state index in [1.165, 1.54) is 11.8 Å². The molecule has 4 rings (SSSR count). The summed E-state index contributed by atoms with van der Waals surface area (Å²) >= 11 is 0. The van der Waals surface area contributed by atoms with Gasteiger partial charge in [-0.25, -0.2) is 4.98 Å². The van der Waals surface area contributed by atoms with Crippen molar-refractivity contribution in [3.8, 4) is 23.2 Å². The minimum Gasteiger partial charge on any atom is -0.504 e. The lowest BCUT2D eigenvalue weighted by atomic mass is 9.97. The number of aromatic hydroxyl groups is 2. The average molecular weight is 399 g/mol. The second kappa shape index (κ2) is 8.13. The molecule has 0 bridgehead atoms. The monoisotopic (exact) mass is 399 g/mol. The van der Waals surface area contributed by atoms with Crippen LogP contribution < -0.4 is 4.74 Å². The molecule has 2 N–H and O–H groups in total. The van der Waals surface area contributed by atoms with E-state index in [0.717, 1.165) is 11.1 Å². The Morgan fingerprint density at radius 1 is 1.03 bits per heavy atom. The Morgan fingerprint density at radius 3 is 2.50 bits per heavy atom. The van der Waals surface area contributed by atoms with Gasteiger partial charge in [0.1, 0.15) is 5.69 Å². The molecule has 6 nitrogen and oxygen atoms in total. The average Bonchev–Trinajstić information content (AvgIpc) is 3.11. The zero-order valence-electron chi connectivity index (χ0n) is 16.5. The molecular formula is C24H21N3O3. The number of rotatable bonds is 6. The molecule has 0 amide bonds. The van der Waals surface area contributed by atoms with E-state index in [0.29, 0.717) is 34.8 Å². The van der Waals surface area contributed by atoms with Gasteiger partial charge in [0.25, 0.3) is 0 Å². The van der Waals surface area contributed by atoms with E-state index < -0.39 is 0 Å². The van der Waals surface area contributed by atoms with Crippen LogP contribution in [-0.4, -0.2) is 32.1 Å². The summed E-state index contributed by atoms with van der Waals surface area (Å²) in [5.74, 6) is 0.901. The first-order valence-corrected chi connectivity index (χ1v) is 9.41. The third-order valence-electron chi connectivity index (χ3n) is 4.86. The molecule has 4 aromatic rings. The Labute approximate surface area is 174 Å². The molecule has 6 heteroatoms. The number of pyridine rings is 1. The molecule has 150 valence electrons. The Morgan fingerprint density at radius 2 is 1.80 bits per heavy atom. The fraction of sp³-hybridized carbons (Fsp3) is 0.0833. The first-order valence-electron chi connectivity index (χ1n) is 9.41. The number of hydrogen-bond acceptors (Lipinski definition) is 5. The molecule has 2 aromatic carbocycles. The third kappa shape index (κ3) is 3.63. The van der Waals surface area contributed by atoms with E-state index in [1.54, 1.807) is 36.5 Å². The summed E-state index contributed by atoms with van der Waals surface area (Å²) in [4.78, 5) is 4.30. The van der Waals surface area contributed by atoms with E-state index in [1.807, 2.05) is 36.4 Å². The zero-order chi connectivity index (χ0) is 21.1. The first-order chi connectivity index (χ1) is 14.6. The molecule has 2 heterocycles. The molecule has 0 atom stereocenters. The van der Waals surface area contributed by atoms with Gasteiger partial charge in [-0.3, -0.25) is 0 Å². The Balaban J connectivity index is 1.84. The van der Waals surface area contributed by atoms with Gasteiger partial charge in [-0.05, 0) is 35.4 Å². The lowest BCUT2D eigenvalue weighted by molar-refractivity contribution is 0.373. The van der Waals surface area contributed by atoms with Crippen molar-refractivity contribution in [1.82, 2.24) is 14.8 Å². The predicted octanol–water partition coefficient (Wildman–Crippen LogP) is 4.34. The second-order valence-corrected chi connectivity index (χ2v) is 6.78. The van der Waals surface area contributed by atoms with Crippen LogP contribution in [0.5, 0.6) is 17.4 Å². The van der Waals surface area contributed by atoms with E-state index in [4.69, 9.17) is 4.74 Å². The van der Waals surface area contributed by atoms with Crippen molar-refractivity contribution in [2.45, 2.75) is 6.42 Å². The summed E-state index contributed by atoms with van der Waals surface area (Å²) in [6.07, 6.45) is 2.12. The minimum absolute atomic E-state index is 0.0134. The number of methoxy groups -OCH3 is 1. The van der Waals surface area contributed by atoms with Crippen LogP contribution in [0.1, 0.15) is 22.4 Å². The summed E-state index contributed by atoms with van der Waals surface area (Å²) < 4.78 is 6.63. The maximum absolute atomic E-state index is 11.0. The number of aromatic nitrogens is 3. The van der Waals surface area contributed by atoms with Gasteiger partial charge in [0, 0.05) is 23.8 Å².